The zero-order valence-corrected chi connectivity index (χ0v) is 15.6. The molecule has 0 heterocycles. The first kappa shape index (κ1) is 18.7. The Morgan fingerprint density at radius 1 is 0.960 bits per heavy atom. The summed E-state index contributed by atoms with van der Waals surface area (Å²) in [6.07, 6.45) is 0. The summed E-state index contributed by atoms with van der Waals surface area (Å²) >= 11 is 0. The van der Waals surface area contributed by atoms with Crippen LogP contribution in [0.25, 0.3) is 0 Å². The average Bonchev–Trinajstić information content (AvgIpc) is 2.54. The van der Waals surface area contributed by atoms with Crippen LogP contribution in [0.3, 0.4) is 0 Å². The average molecular weight is 338 g/mol. The maximum atomic E-state index is 12.2. The number of para-hydroxylation sites is 1. The Balaban J connectivity index is 1.99. The summed E-state index contributed by atoms with van der Waals surface area (Å²) in [6.45, 7) is 10.2. The number of anilines is 1. The van der Waals surface area contributed by atoms with Crippen LogP contribution < -0.4 is 10.6 Å². The molecule has 0 unspecified atom stereocenters. The lowest BCUT2D eigenvalue weighted by Crippen LogP contribution is -2.33. The highest BCUT2D eigenvalue weighted by Crippen LogP contribution is 2.29. The molecule has 2 aromatic rings. The van der Waals surface area contributed by atoms with Gasteiger partial charge >= 0.3 is 0 Å². The third kappa shape index (κ3) is 4.92. The predicted molar refractivity (Wildman–Crippen MR) is 102 cm³/mol. The minimum atomic E-state index is -0.248. The van der Waals surface area contributed by atoms with Crippen molar-refractivity contribution in [2.24, 2.45) is 0 Å². The lowest BCUT2D eigenvalue weighted by atomic mass is 9.86. The predicted octanol–water partition coefficient (Wildman–Crippen LogP) is 3.97. The standard InChI is InChI=1S/C21H26N2O2/c1-14-10-11-16(12-15(14)2)20(25)22-13-19(24)23-18-9-7-6-8-17(18)21(3,4)5/h6-12H,13H2,1-5H3,(H,22,25)(H,23,24). The van der Waals surface area contributed by atoms with Gasteiger partial charge in [-0.05, 0) is 54.2 Å². The molecule has 0 fully saturated rings. The van der Waals surface area contributed by atoms with Gasteiger partial charge in [-0.15, -0.1) is 0 Å². The van der Waals surface area contributed by atoms with E-state index in [0.29, 0.717) is 5.56 Å². The molecule has 2 rings (SSSR count). The Bertz CT molecular complexity index is 789. The van der Waals surface area contributed by atoms with Crippen molar-refractivity contribution in [2.75, 3.05) is 11.9 Å². The largest absolute Gasteiger partial charge is 0.343 e. The van der Waals surface area contributed by atoms with Crippen LogP contribution in [0.2, 0.25) is 0 Å². The third-order valence-corrected chi connectivity index (χ3v) is 4.19. The number of hydrogen-bond donors (Lipinski definition) is 2. The van der Waals surface area contributed by atoms with E-state index in [1.165, 1.54) is 0 Å². The Morgan fingerprint density at radius 2 is 1.64 bits per heavy atom. The normalized spacial score (nSPS) is 11.1. The number of hydrogen-bond acceptors (Lipinski definition) is 2. The number of carbonyl (C=O) groups excluding carboxylic acids is 2. The zero-order valence-electron chi connectivity index (χ0n) is 15.6. The fraction of sp³-hybridized carbons (Fsp3) is 0.333. The Kier molecular flexibility index (Phi) is 5.62. The summed E-state index contributed by atoms with van der Waals surface area (Å²) < 4.78 is 0. The van der Waals surface area contributed by atoms with Gasteiger partial charge in [-0.2, -0.15) is 0 Å². The fourth-order valence-corrected chi connectivity index (χ4v) is 2.59. The molecule has 0 saturated heterocycles. The van der Waals surface area contributed by atoms with E-state index >= 15 is 0 Å². The van der Waals surface area contributed by atoms with Gasteiger partial charge in [-0.25, -0.2) is 0 Å². The topological polar surface area (TPSA) is 58.2 Å². The fourth-order valence-electron chi connectivity index (χ4n) is 2.59. The molecular weight excluding hydrogens is 312 g/mol. The van der Waals surface area contributed by atoms with Gasteiger partial charge in [0, 0.05) is 11.3 Å². The SMILES string of the molecule is Cc1ccc(C(=O)NCC(=O)Nc2ccccc2C(C)(C)C)cc1C. The van der Waals surface area contributed by atoms with Crippen LogP contribution in [0.1, 0.15) is 47.8 Å². The molecule has 0 spiro atoms. The summed E-state index contributed by atoms with van der Waals surface area (Å²) in [5.74, 6) is -0.490. The van der Waals surface area contributed by atoms with Crippen molar-refractivity contribution in [1.82, 2.24) is 5.32 Å². The van der Waals surface area contributed by atoms with Crippen LogP contribution in [0.5, 0.6) is 0 Å². The third-order valence-electron chi connectivity index (χ3n) is 4.19. The quantitative estimate of drug-likeness (QED) is 0.886. The highest BCUT2D eigenvalue weighted by Gasteiger charge is 2.18. The number of nitrogens with one attached hydrogen (secondary N) is 2. The Morgan fingerprint density at radius 3 is 2.28 bits per heavy atom. The summed E-state index contributed by atoms with van der Waals surface area (Å²) in [5, 5.41) is 5.56. The van der Waals surface area contributed by atoms with Gasteiger partial charge in [-0.1, -0.05) is 45.0 Å². The number of carbonyl (C=O) groups is 2. The first-order valence-electron chi connectivity index (χ1n) is 8.43. The Hall–Kier alpha value is -2.62. The van der Waals surface area contributed by atoms with Gasteiger partial charge < -0.3 is 10.6 Å². The summed E-state index contributed by atoms with van der Waals surface area (Å²) in [6, 6.07) is 13.2. The molecule has 0 bridgehead atoms. The molecule has 4 heteroatoms. The van der Waals surface area contributed by atoms with Crippen LogP contribution in [0, 0.1) is 13.8 Å². The monoisotopic (exact) mass is 338 g/mol. The summed E-state index contributed by atoms with van der Waals surface area (Å²) in [7, 11) is 0. The van der Waals surface area contributed by atoms with Gasteiger partial charge in [0.25, 0.3) is 5.91 Å². The van der Waals surface area contributed by atoms with Gasteiger partial charge in [0.1, 0.15) is 0 Å². The van der Waals surface area contributed by atoms with Gasteiger partial charge in [0.05, 0.1) is 6.54 Å². The Labute approximate surface area is 149 Å². The number of benzene rings is 2. The van der Waals surface area contributed by atoms with Crippen molar-refractivity contribution >= 4 is 17.5 Å². The van der Waals surface area contributed by atoms with Crippen LogP contribution in [-0.4, -0.2) is 18.4 Å². The van der Waals surface area contributed by atoms with Crippen molar-refractivity contribution < 1.29 is 9.59 Å². The van der Waals surface area contributed by atoms with Crippen LogP contribution in [0.15, 0.2) is 42.5 Å². The molecule has 0 aliphatic carbocycles. The highest BCUT2D eigenvalue weighted by molar-refractivity contribution is 5.99. The van der Waals surface area contributed by atoms with E-state index < -0.39 is 0 Å². The number of amides is 2. The van der Waals surface area contributed by atoms with Crippen LogP contribution in [0.4, 0.5) is 5.69 Å². The molecule has 0 saturated carbocycles. The molecule has 0 aromatic heterocycles. The first-order valence-corrected chi connectivity index (χ1v) is 8.43. The van der Waals surface area contributed by atoms with E-state index in [1.807, 2.05) is 50.2 Å². The second-order valence-electron chi connectivity index (χ2n) is 7.33. The van der Waals surface area contributed by atoms with Crippen molar-refractivity contribution in [1.29, 1.82) is 0 Å². The van der Waals surface area contributed by atoms with Crippen LogP contribution in [-0.2, 0) is 10.2 Å². The lowest BCUT2D eigenvalue weighted by molar-refractivity contribution is -0.115. The zero-order chi connectivity index (χ0) is 18.6. The minimum absolute atomic E-state index is 0.0652. The summed E-state index contributed by atoms with van der Waals surface area (Å²) in [5.41, 5.74) is 4.51. The molecule has 0 aliphatic heterocycles. The second kappa shape index (κ2) is 7.51. The molecule has 2 N–H and O–H groups in total. The maximum Gasteiger partial charge on any atom is 0.251 e. The molecule has 0 atom stereocenters. The van der Waals surface area contributed by atoms with Gasteiger partial charge in [0.2, 0.25) is 5.91 Å². The van der Waals surface area contributed by atoms with Crippen molar-refractivity contribution in [3.8, 4) is 0 Å². The lowest BCUT2D eigenvalue weighted by Gasteiger charge is -2.23. The molecule has 2 aromatic carbocycles. The smallest absolute Gasteiger partial charge is 0.251 e. The van der Waals surface area contributed by atoms with E-state index in [4.69, 9.17) is 0 Å². The molecule has 25 heavy (non-hydrogen) atoms. The number of aryl methyl sites for hydroxylation is 2. The van der Waals surface area contributed by atoms with E-state index in [2.05, 4.69) is 31.4 Å². The summed E-state index contributed by atoms with van der Waals surface area (Å²) in [4.78, 5) is 24.4. The van der Waals surface area contributed by atoms with E-state index in [1.54, 1.807) is 6.07 Å². The van der Waals surface area contributed by atoms with E-state index in [0.717, 1.165) is 22.4 Å². The maximum absolute atomic E-state index is 12.2. The molecule has 132 valence electrons. The molecular formula is C21H26N2O2. The van der Waals surface area contributed by atoms with Crippen molar-refractivity contribution in [3.05, 3.63) is 64.7 Å². The van der Waals surface area contributed by atoms with E-state index in [9.17, 15) is 9.59 Å². The molecule has 0 aliphatic rings. The van der Waals surface area contributed by atoms with Crippen molar-refractivity contribution in [3.63, 3.8) is 0 Å². The van der Waals surface area contributed by atoms with Gasteiger partial charge in [0.15, 0.2) is 0 Å². The molecule has 0 radical (unpaired) electrons. The van der Waals surface area contributed by atoms with Crippen molar-refractivity contribution in [2.45, 2.75) is 40.0 Å². The van der Waals surface area contributed by atoms with E-state index in [-0.39, 0.29) is 23.8 Å². The highest BCUT2D eigenvalue weighted by atomic mass is 16.2. The second-order valence-corrected chi connectivity index (χ2v) is 7.33. The molecule has 2 amide bonds. The molecule has 4 nitrogen and oxygen atoms in total. The van der Waals surface area contributed by atoms with Crippen LogP contribution >= 0.6 is 0 Å². The number of rotatable bonds is 4. The first-order chi connectivity index (χ1) is 11.7. The minimum Gasteiger partial charge on any atom is -0.343 e. The van der Waals surface area contributed by atoms with Gasteiger partial charge in [-0.3, -0.25) is 9.59 Å².